The molecule has 37 heavy (non-hydrogen) atoms. The molecule has 0 spiro atoms. The number of amides is 1. The number of para-hydroxylation sites is 1. The molecule has 0 aliphatic carbocycles. The van der Waals surface area contributed by atoms with Gasteiger partial charge in [-0.3, -0.25) is 9.69 Å². The van der Waals surface area contributed by atoms with E-state index in [2.05, 4.69) is 4.98 Å². The monoisotopic (exact) mass is 551 g/mol. The zero-order valence-electron chi connectivity index (χ0n) is 19.1. The Balaban J connectivity index is 1.49. The number of fused-ring (bicyclic) bond motifs is 1. The largest absolute Gasteiger partial charge is 0.467 e. The molecule has 4 aromatic rings. The number of ether oxygens (including phenoxy) is 1. The predicted molar refractivity (Wildman–Crippen MR) is 130 cm³/mol. The Bertz CT molecular complexity index is 1510. The Hall–Kier alpha value is -3.26. The molecule has 0 bridgehead atoms. The molecule has 0 N–H and O–H groups in total. The Morgan fingerprint density at radius 3 is 2.43 bits per heavy atom. The van der Waals surface area contributed by atoms with Crippen molar-refractivity contribution in [2.45, 2.75) is 17.6 Å². The van der Waals surface area contributed by atoms with Gasteiger partial charge in [-0.2, -0.15) is 17.5 Å². The second kappa shape index (κ2) is 9.89. The van der Waals surface area contributed by atoms with E-state index in [1.54, 1.807) is 12.1 Å². The highest BCUT2D eigenvalue weighted by Crippen LogP contribution is 2.39. The number of benzene rings is 2. The topological polar surface area (TPSA) is 93.0 Å². The standard InChI is InChI=1S/C24H20F3N3O5S2/c25-24(26,27)19-4-1-5-20-21(19)28-23(36-20)30(15-17-3-2-12-35-17)22(31)16-6-8-18(9-7-16)37(32,33)29-10-13-34-14-11-29/h1-9,12H,10-11,13-15H2. The van der Waals surface area contributed by atoms with E-state index >= 15 is 0 Å². The summed E-state index contributed by atoms with van der Waals surface area (Å²) in [5, 5.41) is 0.0538. The van der Waals surface area contributed by atoms with Crippen LogP contribution in [0.3, 0.4) is 0 Å². The molecule has 1 aliphatic heterocycles. The van der Waals surface area contributed by atoms with E-state index in [0.29, 0.717) is 19.0 Å². The van der Waals surface area contributed by atoms with Crippen molar-refractivity contribution in [1.29, 1.82) is 0 Å². The van der Waals surface area contributed by atoms with Gasteiger partial charge in [0.2, 0.25) is 10.0 Å². The van der Waals surface area contributed by atoms with Crippen molar-refractivity contribution in [2.24, 2.45) is 0 Å². The van der Waals surface area contributed by atoms with Crippen molar-refractivity contribution in [3.8, 4) is 0 Å². The number of alkyl halides is 3. The molecule has 1 amide bonds. The van der Waals surface area contributed by atoms with Crippen molar-refractivity contribution in [3.05, 3.63) is 77.7 Å². The number of nitrogens with zero attached hydrogens (tertiary/aromatic N) is 3. The van der Waals surface area contributed by atoms with Gasteiger partial charge in [0.05, 0.1) is 46.7 Å². The highest BCUT2D eigenvalue weighted by molar-refractivity contribution is 7.89. The van der Waals surface area contributed by atoms with Crippen LogP contribution in [0.4, 0.5) is 18.3 Å². The highest BCUT2D eigenvalue weighted by Gasteiger charge is 2.35. The minimum absolute atomic E-state index is 0.0262. The number of anilines is 1. The number of morpholine rings is 1. The molecule has 2 aromatic heterocycles. The summed E-state index contributed by atoms with van der Waals surface area (Å²) in [6.07, 6.45) is -3.19. The average Bonchev–Trinajstić information content (AvgIpc) is 3.56. The number of hydrogen-bond acceptors (Lipinski definition) is 7. The molecule has 5 rings (SSSR count). The van der Waals surface area contributed by atoms with E-state index in [4.69, 9.17) is 9.15 Å². The van der Waals surface area contributed by atoms with Crippen molar-refractivity contribution < 1.29 is 35.5 Å². The molecule has 0 radical (unpaired) electrons. The molecule has 13 heteroatoms. The zero-order valence-corrected chi connectivity index (χ0v) is 20.8. The average molecular weight is 552 g/mol. The van der Waals surface area contributed by atoms with Crippen LogP contribution in [0.5, 0.6) is 0 Å². The van der Waals surface area contributed by atoms with Crippen LogP contribution >= 0.6 is 11.3 Å². The van der Waals surface area contributed by atoms with E-state index < -0.39 is 27.7 Å². The number of carbonyl (C=O) groups is 1. The molecule has 1 aliphatic rings. The number of rotatable bonds is 6. The first-order valence-electron chi connectivity index (χ1n) is 11.1. The number of thiazole rings is 1. The number of sulfonamides is 1. The van der Waals surface area contributed by atoms with Crippen LogP contribution in [0.15, 0.2) is 70.2 Å². The van der Waals surface area contributed by atoms with Gasteiger partial charge >= 0.3 is 6.18 Å². The summed E-state index contributed by atoms with van der Waals surface area (Å²) in [6, 6.07) is 12.4. The molecule has 2 aromatic carbocycles. The van der Waals surface area contributed by atoms with Crippen LogP contribution in [0.1, 0.15) is 21.7 Å². The zero-order chi connectivity index (χ0) is 26.2. The lowest BCUT2D eigenvalue weighted by molar-refractivity contribution is -0.136. The first-order valence-corrected chi connectivity index (χ1v) is 13.4. The highest BCUT2D eigenvalue weighted by atomic mass is 32.2. The molecule has 1 fully saturated rings. The Labute approximate surface area is 213 Å². The molecule has 0 atom stereocenters. The van der Waals surface area contributed by atoms with Gasteiger partial charge < -0.3 is 9.15 Å². The van der Waals surface area contributed by atoms with Gasteiger partial charge in [-0.15, -0.1) is 0 Å². The first-order chi connectivity index (χ1) is 17.6. The second-order valence-corrected chi connectivity index (χ2v) is 11.1. The van der Waals surface area contributed by atoms with Gasteiger partial charge in [0.25, 0.3) is 5.91 Å². The lowest BCUT2D eigenvalue weighted by Crippen LogP contribution is -2.40. The fourth-order valence-corrected chi connectivity index (χ4v) is 6.33. The number of hydrogen-bond donors (Lipinski definition) is 0. The maximum absolute atomic E-state index is 13.5. The normalized spacial score (nSPS) is 15.2. The van der Waals surface area contributed by atoms with Crippen LogP contribution in [0.2, 0.25) is 0 Å². The molecular weight excluding hydrogens is 531 g/mol. The third kappa shape index (κ3) is 5.12. The van der Waals surface area contributed by atoms with E-state index in [-0.39, 0.29) is 45.4 Å². The summed E-state index contributed by atoms with van der Waals surface area (Å²) in [5.41, 5.74) is -1.00. The second-order valence-electron chi connectivity index (χ2n) is 8.16. The van der Waals surface area contributed by atoms with E-state index in [0.717, 1.165) is 17.4 Å². The minimum atomic E-state index is -4.61. The lowest BCUT2D eigenvalue weighted by Gasteiger charge is -2.26. The van der Waals surface area contributed by atoms with Crippen molar-refractivity contribution in [1.82, 2.24) is 9.29 Å². The molecule has 1 saturated heterocycles. The third-order valence-corrected chi connectivity index (χ3v) is 8.75. The van der Waals surface area contributed by atoms with Gasteiger partial charge in [-0.25, -0.2) is 13.4 Å². The summed E-state index contributed by atoms with van der Waals surface area (Å²) in [5.74, 6) is -0.172. The Kier molecular flexibility index (Phi) is 6.79. The lowest BCUT2D eigenvalue weighted by atomic mass is 10.2. The number of carbonyl (C=O) groups excluding carboxylic acids is 1. The predicted octanol–water partition coefficient (Wildman–Crippen LogP) is 4.78. The van der Waals surface area contributed by atoms with E-state index in [1.165, 1.54) is 51.9 Å². The molecule has 194 valence electrons. The van der Waals surface area contributed by atoms with Crippen molar-refractivity contribution in [3.63, 3.8) is 0 Å². The molecule has 0 saturated carbocycles. The number of furan rings is 1. The fourth-order valence-electron chi connectivity index (χ4n) is 3.93. The van der Waals surface area contributed by atoms with Crippen LogP contribution in [0.25, 0.3) is 10.2 Å². The van der Waals surface area contributed by atoms with Gasteiger partial charge in [-0.05, 0) is 48.5 Å². The summed E-state index contributed by atoms with van der Waals surface area (Å²) in [6.45, 7) is 0.987. The maximum atomic E-state index is 13.5. The van der Waals surface area contributed by atoms with Gasteiger partial charge in [0, 0.05) is 18.7 Å². The third-order valence-electron chi connectivity index (χ3n) is 5.79. The smallest absolute Gasteiger partial charge is 0.418 e. The minimum Gasteiger partial charge on any atom is -0.467 e. The fraction of sp³-hybridized carbons (Fsp3) is 0.250. The molecule has 3 heterocycles. The SMILES string of the molecule is O=C(c1ccc(S(=O)(=O)N2CCOCC2)cc1)N(Cc1ccco1)c1nc2c(C(F)(F)F)cccc2s1. The summed E-state index contributed by atoms with van der Waals surface area (Å²) < 4.78 is 78.6. The molecule has 0 unspecified atom stereocenters. The molecular formula is C24H20F3N3O5S2. The van der Waals surface area contributed by atoms with E-state index in [9.17, 15) is 26.4 Å². The first kappa shape index (κ1) is 25.4. The quantitative estimate of drug-likeness (QED) is 0.343. The van der Waals surface area contributed by atoms with E-state index in [1.807, 2.05) is 0 Å². The van der Waals surface area contributed by atoms with Gasteiger partial charge in [0.15, 0.2) is 5.13 Å². The van der Waals surface area contributed by atoms with Gasteiger partial charge in [-0.1, -0.05) is 17.4 Å². The maximum Gasteiger partial charge on any atom is 0.418 e. The van der Waals surface area contributed by atoms with Crippen LogP contribution in [-0.2, 0) is 27.5 Å². The van der Waals surface area contributed by atoms with Gasteiger partial charge in [0.1, 0.15) is 5.76 Å². The van der Waals surface area contributed by atoms with Crippen LogP contribution in [-0.4, -0.2) is 49.9 Å². The summed E-state index contributed by atoms with van der Waals surface area (Å²) in [4.78, 5) is 19.0. The van der Waals surface area contributed by atoms with Crippen LogP contribution in [0, 0.1) is 0 Å². The molecule has 8 nitrogen and oxygen atoms in total. The number of aromatic nitrogens is 1. The Morgan fingerprint density at radius 1 is 1.05 bits per heavy atom. The van der Waals surface area contributed by atoms with Crippen molar-refractivity contribution in [2.75, 3.05) is 31.2 Å². The Morgan fingerprint density at radius 2 is 1.78 bits per heavy atom. The summed E-state index contributed by atoms with van der Waals surface area (Å²) in [7, 11) is -3.76. The van der Waals surface area contributed by atoms with Crippen LogP contribution < -0.4 is 4.90 Å². The van der Waals surface area contributed by atoms with Crippen molar-refractivity contribution >= 4 is 42.6 Å². The number of halogens is 3. The summed E-state index contributed by atoms with van der Waals surface area (Å²) >= 11 is 0.945.